The molecule has 1 N–H and O–H groups in total. The Morgan fingerprint density at radius 2 is 1.76 bits per heavy atom. The first kappa shape index (κ1) is 17.7. The van der Waals surface area contributed by atoms with E-state index in [4.69, 9.17) is 9.47 Å². The molecule has 1 atom stereocenters. The minimum atomic E-state index is -1.00. The first-order valence-electron chi connectivity index (χ1n) is 7.27. The first-order valence-corrected chi connectivity index (χ1v) is 7.27. The number of ether oxygens (including phenoxy) is 2. The van der Waals surface area contributed by atoms with Crippen molar-refractivity contribution in [3.63, 3.8) is 0 Å². The van der Waals surface area contributed by atoms with Crippen molar-refractivity contribution in [3.05, 3.63) is 35.9 Å². The molecule has 0 saturated carbocycles. The van der Waals surface area contributed by atoms with Crippen molar-refractivity contribution in [2.75, 3.05) is 13.7 Å². The van der Waals surface area contributed by atoms with Crippen molar-refractivity contribution in [1.82, 2.24) is 5.32 Å². The molecule has 1 aromatic carbocycles. The highest BCUT2D eigenvalue weighted by atomic mass is 16.5. The molecular formula is C17H27NO3. The minimum Gasteiger partial charge on any atom is -0.467 e. The number of carbonyl (C=O) groups excluding carboxylic acids is 1. The highest BCUT2D eigenvalue weighted by molar-refractivity contribution is 5.83. The number of hydrogen-bond acceptors (Lipinski definition) is 4. The number of rotatable bonds is 6. The van der Waals surface area contributed by atoms with Crippen molar-refractivity contribution in [1.29, 1.82) is 0 Å². The van der Waals surface area contributed by atoms with Crippen molar-refractivity contribution in [3.8, 4) is 0 Å². The summed E-state index contributed by atoms with van der Waals surface area (Å²) in [6.45, 7) is 10.1. The van der Waals surface area contributed by atoms with Gasteiger partial charge in [0.15, 0.2) is 5.54 Å². The number of carbonyl (C=O) groups is 1. The third-order valence-corrected chi connectivity index (χ3v) is 3.06. The van der Waals surface area contributed by atoms with E-state index >= 15 is 0 Å². The quantitative estimate of drug-likeness (QED) is 0.819. The molecule has 1 rings (SSSR count). The summed E-state index contributed by atoms with van der Waals surface area (Å²) in [7, 11) is 1.40. The van der Waals surface area contributed by atoms with E-state index in [1.54, 1.807) is 0 Å². The van der Waals surface area contributed by atoms with Crippen LogP contribution in [0.3, 0.4) is 0 Å². The third kappa shape index (κ3) is 4.83. The molecule has 0 aromatic heterocycles. The van der Waals surface area contributed by atoms with Crippen LogP contribution in [0.2, 0.25) is 0 Å². The lowest BCUT2D eigenvalue weighted by Gasteiger charge is -2.36. The fraction of sp³-hybridized carbons (Fsp3) is 0.588. The number of hydrogen-bond donors (Lipinski definition) is 1. The largest absolute Gasteiger partial charge is 0.467 e. The fourth-order valence-corrected chi connectivity index (χ4v) is 2.16. The van der Waals surface area contributed by atoms with E-state index in [9.17, 15) is 4.79 Å². The second-order valence-electron chi connectivity index (χ2n) is 6.46. The second kappa shape index (κ2) is 7.05. The summed E-state index contributed by atoms with van der Waals surface area (Å²) >= 11 is 0. The van der Waals surface area contributed by atoms with Gasteiger partial charge in [-0.05, 0) is 40.2 Å². The van der Waals surface area contributed by atoms with Gasteiger partial charge >= 0.3 is 5.97 Å². The van der Waals surface area contributed by atoms with Crippen LogP contribution in [-0.4, -0.2) is 31.3 Å². The van der Waals surface area contributed by atoms with Gasteiger partial charge in [0.25, 0.3) is 0 Å². The van der Waals surface area contributed by atoms with E-state index in [-0.39, 0.29) is 24.2 Å². The van der Waals surface area contributed by atoms with Crippen LogP contribution in [0.15, 0.2) is 30.3 Å². The Morgan fingerprint density at radius 1 is 1.19 bits per heavy atom. The maximum Gasteiger partial charge on any atom is 0.333 e. The molecule has 0 aliphatic carbocycles. The maximum atomic E-state index is 12.5. The Labute approximate surface area is 127 Å². The molecule has 4 nitrogen and oxygen atoms in total. The summed E-state index contributed by atoms with van der Waals surface area (Å²) in [5, 5.41) is 3.33. The standard InChI is InChI=1S/C17H27NO3/c1-13(2)18-17(15(19)20-6,12-21-16(3,4)5)14-10-8-7-9-11-14/h7-11,13,18H,12H2,1-6H3. The van der Waals surface area contributed by atoms with Crippen LogP contribution >= 0.6 is 0 Å². The van der Waals surface area contributed by atoms with E-state index in [0.29, 0.717) is 0 Å². The maximum absolute atomic E-state index is 12.5. The van der Waals surface area contributed by atoms with Crippen LogP contribution < -0.4 is 5.32 Å². The molecule has 0 amide bonds. The lowest BCUT2D eigenvalue weighted by atomic mass is 9.89. The predicted molar refractivity (Wildman–Crippen MR) is 84.1 cm³/mol. The van der Waals surface area contributed by atoms with E-state index in [2.05, 4.69) is 5.32 Å². The van der Waals surface area contributed by atoms with Crippen LogP contribution in [0, 0.1) is 0 Å². The molecule has 21 heavy (non-hydrogen) atoms. The van der Waals surface area contributed by atoms with E-state index in [0.717, 1.165) is 5.56 Å². The highest BCUT2D eigenvalue weighted by Gasteiger charge is 2.43. The van der Waals surface area contributed by atoms with Crippen molar-refractivity contribution >= 4 is 5.97 Å². The number of nitrogens with one attached hydrogen (secondary N) is 1. The van der Waals surface area contributed by atoms with Gasteiger partial charge in [-0.2, -0.15) is 0 Å². The molecule has 0 aliphatic heterocycles. The number of esters is 1. The van der Waals surface area contributed by atoms with Gasteiger partial charge in [-0.1, -0.05) is 30.3 Å². The van der Waals surface area contributed by atoms with Crippen LogP contribution in [0.1, 0.15) is 40.2 Å². The Bertz CT molecular complexity index is 451. The SMILES string of the molecule is COC(=O)C(COC(C)(C)C)(NC(C)C)c1ccccc1. The summed E-state index contributed by atoms with van der Waals surface area (Å²) in [5.41, 5.74) is -0.501. The normalized spacial score (nSPS) is 14.8. The monoisotopic (exact) mass is 293 g/mol. The average molecular weight is 293 g/mol. The van der Waals surface area contributed by atoms with Crippen molar-refractivity contribution in [2.45, 2.75) is 51.8 Å². The molecule has 0 aliphatic rings. The van der Waals surface area contributed by atoms with Crippen molar-refractivity contribution < 1.29 is 14.3 Å². The summed E-state index contributed by atoms with van der Waals surface area (Å²) in [6.07, 6.45) is 0. The Hall–Kier alpha value is -1.39. The van der Waals surface area contributed by atoms with Gasteiger partial charge in [0.1, 0.15) is 0 Å². The second-order valence-corrected chi connectivity index (χ2v) is 6.46. The number of methoxy groups -OCH3 is 1. The van der Waals surface area contributed by atoms with Gasteiger partial charge in [0.05, 0.1) is 19.3 Å². The van der Waals surface area contributed by atoms with E-state index in [1.807, 2.05) is 65.0 Å². The third-order valence-electron chi connectivity index (χ3n) is 3.06. The predicted octanol–water partition coefficient (Wildman–Crippen LogP) is 2.87. The van der Waals surface area contributed by atoms with Gasteiger partial charge in [-0.3, -0.25) is 5.32 Å². The molecule has 4 heteroatoms. The van der Waals surface area contributed by atoms with Crippen LogP contribution in [0.25, 0.3) is 0 Å². The van der Waals surface area contributed by atoms with Crippen LogP contribution in [0.4, 0.5) is 0 Å². The summed E-state index contributed by atoms with van der Waals surface area (Å²) in [6, 6.07) is 9.67. The molecule has 0 heterocycles. The zero-order valence-electron chi connectivity index (χ0n) is 13.9. The Kier molecular flexibility index (Phi) is 5.93. The van der Waals surface area contributed by atoms with Gasteiger partial charge in [0, 0.05) is 6.04 Å². The topological polar surface area (TPSA) is 47.6 Å². The Morgan fingerprint density at radius 3 is 2.19 bits per heavy atom. The molecule has 1 unspecified atom stereocenters. The number of benzene rings is 1. The average Bonchev–Trinajstić information content (AvgIpc) is 2.42. The molecule has 0 saturated heterocycles. The zero-order valence-corrected chi connectivity index (χ0v) is 13.9. The minimum absolute atomic E-state index is 0.105. The van der Waals surface area contributed by atoms with Gasteiger partial charge in [-0.25, -0.2) is 4.79 Å². The smallest absolute Gasteiger partial charge is 0.333 e. The molecule has 1 aromatic rings. The first-order chi connectivity index (χ1) is 9.71. The molecule has 0 bridgehead atoms. The highest BCUT2D eigenvalue weighted by Crippen LogP contribution is 2.26. The van der Waals surface area contributed by atoms with Gasteiger partial charge in [0.2, 0.25) is 0 Å². The van der Waals surface area contributed by atoms with E-state index in [1.165, 1.54) is 7.11 Å². The molecule has 0 spiro atoms. The van der Waals surface area contributed by atoms with Gasteiger partial charge in [-0.15, -0.1) is 0 Å². The summed E-state index contributed by atoms with van der Waals surface area (Å²) in [4.78, 5) is 12.5. The van der Waals surface area contributed by atoms with Crippen molar-refractivity contribution in [2.24, 2.45) is 0 Å². The zero-order chi connectivity index (χ0) is 16.1. The summed E-state index contributed by atoms with van der Waals surface area (Å²) < 4.78 is 11.0. The Balaban J connectivity index is 3.25. The lowest BCUT2D eigenvalue weighted by molar-refractivity contribution is -0.155. The lowest BCUT2D eigenvalue weighted by Crippen LogP contribution is -2.56. The molecular weight excluding hydrogens is 266 g/mol. The van der Waals surface area contributed by atoms with Crippen LogP contribution in [-0.2, 0) is 19.8 Å². The summed E-state index contributed by atoms with van der Waals surface area (Å²) in [5.74, 6) is -0.341. The van der Waals surface area contributed by atoms with Crippen LogP contribution in [0.5, 0.6) is 0 Å². The molecule has 0 radical (unpaired) electrons. The van der Waals surface area contributed by atoms with Gasteiger partial charge < -0.3 is 9.47 Å². The van der Waals surface area contributed by atoms with E-state index < -0.39 is 5.54 Å². The molecule has 0 fully saturated rings. The fourth-order valence-electron chi connectivity index (χ4n) is 2.16. The molecule has 118 valence electrons.